The highest BCUT2D eigenvalue weighted by molar-refractivity contribution is 6.02. The Bertz CT molecular complexity index is 1300. The van der Waals surface area contributed by atoms with Crippen molar-refractivity contribution < 1.29 is 28.6 Å². The predicted molar refractivity (Wildman–Crippen MR) is 108 cm³/mol. The normalized spacial score (nSPS) is 10.5. The van der Waals surface area contributed by atoms with Gasteiger partial charge in [-0.25, -0.2) is 9.59 Å². The van der Waals surface area contributed by atoms with Gasteiger partial charge in [0.1, 0.15) is 33.8 Å². The van der Waals surface area contributed by atoms with Crippen LogP contribution in [0.4, 0.5) is 0 Å². The summed E-state index contributed by atoms with van der Waals surface area (Å²) in [6.45, 7) is 2.42. The highest BCUT2D eigenvalue weighted by atomic mass is 16.4. The number of benzene rings is 2. The minimum Gasteiger partial charge on any atom is -0.506 e. The van der Waals surface area contributed by atoms with Gasteiger partial charge < -0.3 is 19.0 Å². The maximum Gasteiger partial charge on any atom is 0.351 e. The number of carbonyl (C=O) groups is 2. The number of Topliss-reactive ketones (excluding diaryl/α,β-unsaturated/α-hetero) is 2. The van der Waals surface area contributed by atoms with E-state index in [2.05, 4.69) is 0 Å². The SMILES string of the molecule is CC(=O)c1c(O)c2ccccc2oc1=O.CC(=O)c1c(O)c2ccccc2oc1=O. The molecule has 2 heterocycles. The minimum atomic E-state index is -0.807. The van der Waals surface area contributed by atoms with E-state index in [4.69, 9.17) is 8.83 Å². The summed E-state index contributed by atoms with van der Waals surface area (Å²) >= 11 is 0. The molecule has 0 spiro atoms. The van der Waals surface area contributed by atoms with Gasteiger partial charge in [-0.1, -0.05) is 24.3 Å². The fourth-order valence-corrected chi connectivity index (χ4v) is 2.89. The second-order valence-electron chi connectivity index (χ2n) is 6.33. The van der Waals surface area contributed by atoms with Gasteiger partial charge in [-0.2, -0.15) is 0 Å². The molecule has 8 heteroatoms. The fraction of sp³-hybridized carbons (Fsp3) is 0.0909. The van der Waals surface area contributed by atoms with Crippen molar-refractivity contribution >= 4 is 33.5 Å². The van der Waals surface area contributed by atoms with E-state index in [1.54, 1.807) is 48.5 Å². The summed E-state index contributed by atoms with van der Waals surface area (Å²) in [4.78, 5) is 44.9. The molecule has 2 aromatic carbocycles. The van der Waals surface area contributed by atoms with E-state index in [1.165, 1.54) is 13.8 Å². The van der Waals surface area contributed by atoms with Crippen LogP contribution in [0.25, 0.3) is 21.9 Å². The van der Waals surface area contributed by atoms with Crippen molar-refractivity contribution in [1.29, 1.82) is 0 Å². The molecular weight excluding hydrogens is 392 g/mol. The summed E-state index contributed by atoms with van der Waals surface area (Å²) in [5.41, 5.74) is -1.67. The topological polar surface area (TPSA) is 135 Å². The van der Waals surface area contributed by atoms with E-state index in [0.29, 0.717) is 10.8 Å². The number of rotatable bonds is 2. The lowest BCUT2D eigenvalue weighted by molar-refractivity contribution is 0.0998. The predicted octanol–water partition coefficient (Wildman–Crippen LogP) is 3.40. The molecular formula is C22H16O8. The highest BCUT2D eigenvalue weighted by Gasteiger charge is 2.17. The molecule has 4 aromatic rings. The molecule has 0 aliphatic heterocycles. The van der Waals surface area contributed by atoms with Crippen molar-refractivity contribution in [3.63, 3.8) is 0 Å². The summed E-state index contributed by atoms with van der Waals surface area (Å²) in [6, 6.07) is 13.0. The van der Waals surface area contributed by atoms with Gasteiger partial charge >= 0.3 is 11.3 Å². The Hall–Kier alpha value is -4.20. The van der Waals surface area contributed by atoms with Crippen LogP contribution in [0.3, 0.4) is 0 Å². The third kappa shape index (κ3) is 3.70. The Morgan fingerprint density at radius 2 is 1.00 bits per heavy atom. The average Bonchev–Trinajstić information content (AvgIpc) is 2.68. The average molecular weight is 408 g/mol. The zero-order valence-corrected chi connectivity index (χ0v) is 16.0. The van der Waals surface area contributed by atoms with Crippen molar-refractivity contribution in [1.82, 2.24) is 0 Å². The zero-order valence-electron chi connectivity index (χ0n) is 16.0. The molecule has 0 unspecified atom stereocenters. The monoisotopic (exact) mass is 408 g/mol. The summed E-state index contributed by atoms with van der Waals surface area (Å²) < 4.78 is 9.80. The molecule has 2 aromatic heterocycles. The van der Waals surface area contributed by atoms with Crippen LogP contribution in [-0.4, -0.2) is 21.8 Å². The van der Waals surface area contributed by atoms with Gasteiger partial charge in [0.25, 0.3) is 0 Å². The molecule has 152 valence electrons. The Morgan fingerprint density at radius 3 is 1.33 bits per heavy atom. The number of fused-ring (bicyclic) bond motifs is 2. The van der Waals surface area contributed by atoms with Crippen LogP contribution < -0.4 is 11.3 Å². The third-order valence-corrected chi connectivity index (χ3v) is 4.28. The van der Waals surface area contributed by atoms with Gasteiger partial charge in [-0.3, -0.25) is 9.59 Å². The van der Waals surface area contributed by atoms with E-state index < -0.39 is 22.8 Å². The lowest BCUT2D eigenvalue weighted by Crippen LogP contribution is -2.11. The quantitative estimate of drug-likeness (QED) is 0.381. The van der Waals surface area contributed by atoms with E-state index in [1.807, 2.05) is 0 Å². The molecule has 2 N–H and O–H groups in total. The number of para-hydroxylation sites is 2. The van der Waals surface area contributed by atoms with Crippen LogP contribution in [0.15, 0.2) is 67.0 Å². The Kier molecular flexibility index (Phi) is 5.50. The van der Waals surface area contributed by atoms with Gasteiger partial charge in [0.2, 0.25) is 0 Å². The first-order valence-electron chi connectivity index (χ1n) is 8.73. The Balaban J connectivity index is 0.000000171. The van der Waals surface area contributed by atoms with Crippen LogP contribution in [0, 0.1) is 0 Å². The summed E-state index contributed by atoms with van der Waals surface area (Å²) in [6.07, 6.45) is 0. The number of aromatic hydroxyl groups is 2. The van der Waals surface area contributed by atoms with E-state index in [-0.39, 0.29) is 33.8 Å². The number of ketones is 2. The molecule has 30 heavy (non-hydrogen) atoms. The standard InChI is InChI=1S/2C11H8O4/c2*1-6(12)9-10(13)7-4-2-3-5-8(7)15-11(9)14/h2*2-5,13H,1H3. The molecule has 4 rings (SSSR count). The first kappa shape index (κ1) is 20.5. The smallest absolute Gasteiger partial charge is 0.351 e. The number of carbonyl (C=O) groups excluding carboxylic acids is 2. The van der Waals surface area contributed by atoms with Crippen molar-refractivity contribution in [2.24, 2.45) is 0 Å². The summed E-state index contributed by atoms with van der Waals surface area (Å²) in [5.74, 6) is -1.64. The second-order valence-corrected chi connectivity index (χ2v) is 6.33. The van der Waals surface area contributed by atoms with E-state index in [0.717, 1.165) is 0 Å². The van der Waals surface area contributed by atoms with Crippen molar-refractivity contribution in [2.45, 2.75) is 13.8 Å². The first-order chi connectivity index (χ1) is 14.2. The van der Waals surface area contributed by atoms with E-state index >= 15 is 0 Å². The molecule has 8 nitrogen and oxygen atoms in total. The Morgan fingerprint density at radius 1 is 0.667 bits per heavy atom. The third-order valence-electron chi connectivity index (χ3n) is 4.28. The molecule has 0 saturated heterocycles. The number of hydrogen-bond acceptors (Lipinski definition) is 8. The van der Waals surface area contributed by atoms with Crippen molar-refractivity contribution in [3.8, 4) is 11.5 Å². The first-order valence-corrected chi connectivity index (χ1v) is 8.73. The summed E-state index contributed by atoms with van der Waals surface area (Å²) in [5, 5.41) is 20.2. The van der Waals surface area contributed by atoms with Crippen molar-refractivity contribution in [3.05, 3.63) is 80.5 Å². The molecule has 0 aliphatic carbocycles. The van der Waals surface area contributed by atoms with Crippen LogP contribution in [0.5, 0.6) is 11.5 Å². The molecule has 0 atom stereocenters. The second kappa shape index (κ2) is 8.04. The minimum absolute atomic E-state index is 0.269. The fourth-order valence-electron chi connectivity index (χ4n) is 2.89. The van der Waals surface area contributed by atoms with Gasteiger partial charge in [-0.15, -0.1) is 0 Å². The maximum absolute atomic E-state index is 11.3. The lowest BCUT2D eigenvalue weighted by atomic mass is 10.1. The molecule has 0 bridgehead atoms. The molecule has 0 fully saturated rings. The lowest BCUT2D eigenvalue weighted by Gasteiger charge is -2.02. The van der Waals surface area contributed by atoms with Crippen LogP contribution >= 0.6 is 0 Å². The van der Waals surface area contributed by atoms with Gasteiger partial charge in [0.05, 0.1) is 10.8 Å². The van der Waals surface area contributed by atoms with Crippen molar-refractivity contribution in [2.75, 3.05) is 0 Å². The summed E-state index contributed by atoms with van der Waals surface area (Å²) in [7, 11) is 0. The van der Waals surface area contributed by atoms with Crippen LogP contribution in [-0.2, 0) is 0 Å². The van der Waals surface area contributed by atoms with Gasteiger partial charge in [0, 0.05) is 0 Å². The van der Waals surface area contributed by atoms with Gasteiger partial charge in [-0.05, 0) is 38.1 Å². The largest absolute Gasteiger partial charge is 0.506 e. The number of hydrogen-bond donors (Lipinski definition) is 2. The van der Waals surface area contributed by atoms with Gasteiger partial charge in [0.15, 0.2) is 11.6 Å². The van der Waals surface area contributed by atoms with Crippen LogP contribution in [0.2, 0.25) is 0 Å². The Labute approximate surface area is 168 Å². The molecule has 0 saturated carbocycles. The maximum atomic E-state index is 11.3. The zero-order chi connectivity index (χ0) is 22.0. The molecule has 0 aliphatic rings. The molecule has 0 radical (unpaired) electrons. The molecule has 0 amide bonds. The van der Waals surface area contributed by atoms with E-state index in [9.17, 15) is 29.4 Å². The van der Waals surface area contributed by atoms with Crippen LogP contribution in [0.1, 0.15) is 34.6 Å². The highest BCUT2D eigenvalue weighted by Crippen LogP contribution is 2.26.